The zero-order chi connectivity index (χ0) is 13.8. The van der Waals surface area contributed by atoms with Gasteiger partial charge in [-0.2, -0.15) is 13.2 Å². The van der Waals surface area contributed by atoms with Crippen LogP contribution >= 0.6 is 15.9 Å². The van der Waals surface area contributed by atoms with E-state index in [1.165, 1.54) is 12.1 Å². The molecule has 2 nitrogen and oxygen atoms in total. The fourth-order valence-electron chi connectivity index (χ4n) is 1.70. The maximum absolute atomic E-state index is 12.6. The Morgan fingerprint density at radius 3 is 2.56 bits per heavy atom. The third-order valence-corrected chi connectivity index (χ3v) is 3.02. The molecule has 0 aliphatic rings. The van der Waals surface area contributed by atoms with Gasteiger partial charge >= 0.3 is 12.1 Å². The van der Waals surface area contributed by atoms with Crippen LogP contribution in [0.3, 0.4) is 0 Å². The number of halogens is 4. The third kappa shape index (κ3) is 4.33. The largest absolute Gasteiger partial charge is 0.481 e. The van der Waals surface area contributed by atoms with E-state index in [2.05, 4.69) is 15.9 Å². The zero-order valence-electron chi connectivity index (χ0n) is 9.38. The SMILES string of the molecule is O=C(O)CC(CCBr)c1cccc(C(F)(F)F)c1. The fraction of sp³-hybridized carbons (Fsp3) is 0.417. The first-order valence-electron chi connectivity index (χ1n) is 5.29. The third-order valence-electron chi connectivity index (χ3n) is 2.56. The van der Waals surface area contributed by atoms with Crippen molar-refractivity contribution in [2.45, 2.75) is 24.9 Å². The highest BCUT2D eigenvalue weighted by Gasteiger charge is 2.31. The highest BCUT2D eigenvalue weighted by molar-refractivity contribution is 9.09. The van der Waals surface area contributed by atoms with Gasteiger partial charge in [-0.25, -0.2) is 0 Å². The van der Waals surface area contributed by atoms with E-state index < -0.39 is 23.6 Å². The molecule has 1 N–H and O–H groups in total. The van der Waals surface area contributed by atoms with Crippen molar-refractivity contribution in [3.63, 3.8) is 0 Å². The van der Waals surface area contributed by atoms with Crippen molar-refractivity contribution < 1.29 is 23.1 Å². The van der Waals surface area contributed by atoms with Crippen molar-refractivity contribution in [1.29, 1.82) is 0 Å². The van der Waals surface area contributed by atoms with E-state index in [9.17, 15) is 18.0 Å². The molecule has 0 radical (unpaired) electrons. The van der Waals surface area contributed by atoms with Crippen molar-refractivity contribution in [3.8, 4) is 0 Å². The van der Waals surface area contributed by atoms with Crippen molar-refractivity contribution in [2.75, 3.05) is 5.33 Å². The molecule has 0 bridgehead atoms. The highest BCUT2D eigenvalue weighted by Crippen LogP contribution is 2.32. The Morgan fingerprint density at radius 2 is 2.06 bits per heavy atom. The van der Waals surface area contributed by atoms with Crippen LogP contribution in [-0.2, 0) is 11.0 Å². The summed E-state index contributed by atoms with van der Waals surface area (Å²) >= 11 is 3.18. The lowest BCUT2D eigenvalue weighted by Crippen LogP contribution is -2.10. The van der Waals surface area contributed by atoms with E-state index in [1.54, 1.807) is 0 Å². The molecule has 1 aromatic carbocycles. The maximum atomic E-state index is 12.6. The van der Waals surface area contributed by atoms with Crippen LogP contribution < -0.4 is 0 Å². The molecular formula is C12H12BrF3O2. The second kappa shape index (κ2) is 6.22. The predicted molar refractivity (Wildman–Crippen MR) is 64.8 cm³/mol. The summed E-state index contributed by atoms with van der Waals surface area (Å²) in [6, 6.07) is 4.85. The number of alkyl halides is 4. The van der Waals surface area contributed by atoms with Gasteiger partial charge in [-0.05, 0) is 24.0 Å². The van der Waals surface area contributed by atoms with Crippen LogP contribution in [0.5, 0.6) is 0 Å². The van der Waals surface area contributed by atoms with Gasteiger partial charge in [0.05, 0.1) is 12.0 Å². The summed E-state index contributed by atoms with van der Waals surface area (Å²) in [5, 5.41) is 9.31. The Balaban J connectivity index is 3.01. The van der Waals surface area contributed by atoms with Gasteiger partial charge in [-0.1, -0.05) is 34.1 Å². The molecule has 1 atom stereocenters. The van der Waals surface area contributed by atoms with Gasteiger partial charge in [-0.15, -0.1) is 0 Å². The topological polar surface area (TPSA) is 37.3 Å². The highest BCUT2D eigenvalue weighted by atomic mass is 79.9. The molecule has 0 heterocycles. The van der Waals surface area contributed by atoms with Gasteiger partial charge in [-0.3, -0.25) is 4.79 Å². The Morgan fingerprint density at radius 1 is 1.39 bits per heavy atom. The average Bonchev–Trinajstić information content (AvgIpc) is 2.27. The van der Waals surface area contributed by atoms with Gasteiger partial charge < -0.3 is 5.11 Å². The normalized spacial score (nSPS) is 13.3. The molecule has 100 valence electrons. The minimum Gasteiger partial charge on any atom is -0.481 e. The molecular weight excluding hydrogens is 313 g/mol. The lowest BCUT2D eigenvalue weighted by molar-refractivity contribution is -0.138. The molecule has 0 aromatic heterocycles. The molecule has 0 amide bonds. The van der Waals surface area contributed by atoms with E-state index in [-0.39, 0.29) is 6.42 Å². The first-order chi connectivity index (χ1) is 8.34. The summed E-state index contributed by atoms with van der Waals surface area (Å²) in [6.07, 6.45) is -4.10. The van der Waals surface area contributed by atoms with E-state index in [0.717, 1.165) is 12.1 Å². The smallest absolute Gasteiger partial charge is 0.416 e. The molecule has 6 heteroatoms. The molecule has 0 aliphatic heterocycles. The number of carboxylic acids is 1. The number of aliphatic carboxylic acids is 1. The van der Waals surface area contributed by atoms with Crippen LogP contribution in [0.2, 0.25) is 0 Å². The Bertz CT molecular complexity index is 418. The molecule has 18 heavy (non-hydrogen) atoms. The van der Waals surface area contributed by atoms with E-state index >= 15 is 0 Å². The molecule has 1 unspecified atom stereocenters. The fourth-order valence-corrected chi connectivity index (χ4v) is 2.25. The maximum Gasteiger partial charge on any atom is 0.416 e. The van der Waals surface area contributed by atoms with Crippen LogP contribution in [0.4, 0.5) is 13.2 Å². The van der Waals surface area contributed by atoms with Gasteiger partial charge in [0.2, 0.25) is 0 Å². The van der Waals surface area contributed by atoms with Crippen LogP contribution in [0.25, 0.3) is 0 Å². The molecule has 1 aromatic rings. The summed E-state index contributed by atoms with van der Waals surface area (Å²) in [6.45, 7) is 0. The van der Waals surface area contributed by atoms with Crippen molar-refractivity contribution in [2.24, 2.45) is 0 Å². The molecule has 0 fully saturated rings. The predicted octanol–water partition coefficient (Wildman–Crippen LogP) is 4.05. The molecule has 0 spiro atoms. The lowest BCUT2D eigenvalue weighted by atomic mass is 9.92. The number of hydrogen-bond donors (Lipinski definition) is 1. The Labute approximate surface area is 111 Å². The minimum atomic E-state index is -4.40. The Kier molecular flexibility index (Phi) is 5.19. The van der Waals surface area contributed by atoms with Crippen LogP contribution in [-0.4, -0.2) is 16.4 Å². The van der Waals surface area contributed by atoms with Crippen molar-refractivity contribution in [1.82, 2.24) is 0 Å². The number of rotatable bonds is 5. The summed E-state index contributed by atoms with van der Waals surface area (Å²) in [4.78, 5) is 10.7. The second-order valence-electron chi connectivity index (χ2n) is 3.90. The summed E-state index contributed by atoms with van der Waals surface area (Å²) in [5.41, 5.74) is -0.336. The first-order valence-corrected chi connectivity index (χ1v) is 6.41. The second-order valence-corrected chi connectivity index (χ2v) is 4.69. The van der Waals surface area contributed by atoms with E-state index in [0.29, 0.717) is 17.3 Å². The van der Waals surface area contributed by atoms with Crippen molar-refractivity contribution >= 4 is 21.9 Å². The van der Waals surface area contributed by atoms with E-state index in [1.807, 2.05) is 0 Å². The number of benzene rings is 1. The molecule has 0 saturated heterocycles. The van der Waals surface area contributed by atoms with Crippen LogP contribution in [0, 0.1) is 0 Å². The quantitative estimate of drug-likeness (QED) is 0.830. The standard InChI is InChI=1S/C12H12BrF3O2/c13-5-4-9(7-11(17)18)8-2-1-3-10(6-8)12(14,15)16/h1-3,6,9H,4-5,7H2,(H,17,18). The minimum absolute atomic E-state index is 0.174. The zero-order valence-corrected chi connectivity index (χ0v) is 11.0. The molecule has 0 saturated carbocycles. The van der Waals surface area contributed by atoms with E-state index in [4.69, 9.17) is 5.11 Å². The van der Waals surface area contributed by atoms with Gasteiger partial charge in [0.15, 0.2) is 0 Å². The average molecular weight is 325 g/mol. The van der Waals surface area contributed by atoms with Gasteiger partial charge in [0.1, 0.15) is 0 Å². The van der Waals surface area contributed by atoms with Gasteiger partial charge in [0.25, 0.3) is 0 Å². The summed E-state index contributed by atoms with van der Waals surface area (Å²) in [7, 11) is 0. The van der Waals surface area contributed by atoms with Crippen LogP contribution in [0.1, 0.15) is 29.9 Å². The lowest BCUT2D eigenvalue weighted by Gasteiger charge is -2.16. The molecule has 1 rings (SSSR count). The Hall–Kier alpha value is -1.04. The number of carbonyl (C=O) groups is 1. The molecule has 0 aliphatic carbocycles. The number of hydrogen-bond acceptors (Lipinski definition) is 1. The monoisotopic (exact) mass is 324 g/mol. The summed E-state index contributed by atoms with van der Waals surface area (Å²) < 4.78 is 37.7. The van der Waals surface area contributed by atoms with Crippen LogP contribution in [0.15, 0.2) is 24.3 Å². The van der Waals surface area contributed by atoms with Gasteiger partial charge in [0, 0.05) is 5.33 Å². The van der Waals surface area contributed by atoms with Crippen molar-refractivity contribution in [3.05, 3.63) is 35.4 Å². The summed E-state index contributed by atoms with van der Waals surface area (Å²) in [5.74, 6) is -1.43. The number of carboxylic acid groups (broad SMARTS) is 1. The first kappa shape index (κ1) is 15.0.